The van der Waals surface area contributed by atoms with Gasteiger partial charge >= 0.3 is 0 Å². The number of furan rings is 1. The van der Waals surface area contributed by atoms with Crippen LogP contribution in [0.2, 0.25) is 0 Å². The molecular formula is C8H5OS. The topological polar surface area (TPSA) is 13.1 Å². The highest BCUT2D eigenvalue weighted by Gasteiger charge is 1.99. The fraction of sp³-hybridized carbons (Fsp3) is 0. The molecule has 0 aliphatic rings. The van der Waals surface area contributed by atoms with Crippen LogP contribution < -0.4 is 0 Å². The van der Waals surface area contributed by atoms with E-state index in [0.717, 1.165) is 15.9 Å². The van der Waals surface area contributed by atoms with Crippen LogP contribution in [0.25, 0.3) is 11.0 Å². The summed E-state index contributed by atoms with van der Waals surface area (Å²) in [5.74, 6) is 0. The molecule has 0 saturated carbocycles. The van der Waals surface area contributed by atoms with Crippen LogP contribution in [0, 0.1) is 0 Å². The molecule has 0 aliphatic carbocycles. The number of hydrogen-bond donors (Lipinski definition) is 0. The lowest BCUT2D eigenvalue weighted by Gasteiger charge is -1.83. The Labute approximate surface area is 64.1 Å². The van der Waals surface area contributed by atoms with Gasteiger partial charge in [-0.1, -0.05) is 24.8 Å². The van der Waals surface area contributed by atoms with Gasteiger partial charge < -0.3 is 4.42 Å². The van der Waals surface area contributed by atoms with Crippen molar-refractivity contribution in [3.05, 3.63) is 30.5 Å². The van der Waals surface area contributed by atoms with E-state index in [1.807, 2.05) is 24.3 Å². The molecule has 0 saturated heterocycles. The number of fused-ring (bicyclic) bond motifs is 1. The summed E-state index contributed by atoms with van der Waals surface area (Å²) in [6.07, 6.45) is 1.60. The van der Waals surface area contributed by atoms with Crippen molar-refractivity contribution in [1.82, 2.24) is 0 Å². The summed E-state index contributed by atoms with van der Waals surface area (Å²) in [5.41, 5.74) is 0.868. The van der Waals surface area contributed by atoms with Gasteiger partial charge in [-0.15, -0.1) is 0 Å². The van der Waals surface area contributed by atoms with E-state index in [0.29, 0.717) is 0 Å². The lowest BCUT2D eigenvalue weighted by molar-refractivity contribution is 0.608. The van der Waals surface area contributed by atoms with Crippen molar-refractivity contribution >= 4 is 23.6 Å². The SMILES string of the molecule is [S]c1coc2ccccc12. The van der Waals surface area contributed by atoms with Gasteiger partial charge in [0.25, 0.3) is 0 Å². The number of para-hydroxylation sites is 1. The van der Waals surface area contributed by atoms with Crippen molar-refractivity contribution in [1.29, 1.82) is 0 Å². The quantitative estimate of drug-likeness (QED) is 0.561. The molecule has 1 aromatic heterocycles. The molecule has 0 amide bonds. The van der Waals surface area contributed by atoms with Crippen molar-refractivity contribution in [3.8, 4) is 0 Å². The van der Waals surface area contributed by atoms with Gasteiger partial charge in [-0.25, -0.2) is 0 Å². The molecule has 0 fully saturated rings. The third-order valence-electron chi connectivity index (χ3n) is 1.45. The minimum atomic E-state index is 0.788. The summed E-state index contributed by atoms with van der Waals surface area (Å²) >= 11 is 4.99. The van der Waals surface area contributed by atoms with Gasteiger partial charge in [0.05, 0.1) is 4.90 Å². The summed E-state index contributed by atoms with van der Waals surface area (Å²) in [6.45, 7) is 0. The van der Waals surface area contributed by atoms with E-state index in [1.165, 1.54) is 0 Å². The van der Waals surface area contributed by atoms with Crippen LogP contribution in [0.4, 0.5) is 0 Å². The lowest BCUT2D eigenvalue weighted by atomic mass is 10.3. The number of hydrogen-bond acceptors (Lipinski definition) is 1. The van der Waals surface area contributed by atoms with E-state index in [9.17, 15) is 0 Å². The van der Waals surface area contributed by atoms with E-state index < -0.39 is 0 Å². The van der Waals surface area contributed by atoms with Crippen LogP contribution in [0.15, 0.2) is 39.8 Å². The molecule has 2 aromatic rings. The molecule has 0 N–H and O–H groups in total. The van der Waals surface area contributed by atoms with Crippen LogP contribution in [0.3, 0.4) is 0 Å². The van der Waals surface area contributed by atoms with Crippen LogP contribution in [0.5, 0.6) is 0 Å². The molecule has 0 atom stereocenters. The fourth-order valence-electron chi connectivity index (χ4n) is 0.953. The zero-order valence-corrected chi connectivity index (χ0v) is 6.02. The molecule has 2 heteroatoms. The monoisotopic (exact) mass is 149 g/mol. The van der Waals surface area contributed by atoms with Crippen LogP contribution in [0.1, 0.15) is 0 Å². The molecule has 49 valence electrons. The van der Waals surface area contributed by atoms with Crippen molar-refractivity contribution in [2.24, 2.45) is 0 Å². The van der Waals surface area contributed by atoms with E-state index in [-0.39, 0.29) is 0 Å². The predicted molar refractivity (Wildman–Crippen MR) is 42.1 cm³/mol. The summed E-state index contributed by atoms with van der Waals surface area (Å²) in [6, 6.07) is 7.75. The maximum atomic E-state index is 5.14. The standard InChI is InChI=1S/C8H5OS/c10-8-5-9-7-4-2-1-3-6(7)8/h1-5H. The maximum Gasteiger partial charge on any atom is 0.135 e. The molecule has 0 unspecified atom stereocenters. The molecule has 0 spiro atoms. The second-order valence-corrected chi connectivity index (χ2v) is 2.54. The van der Waals surface area contributed by atoms with Crippen molar-refractivity contribution in [2.45, 2.75) is 4.90 Å². The number of benzene rings is 1. The Balaban J connectivity index is 2.93. The summed E-state index contributed by atoms with van der Waals surface area (Å²) in [4.78, 5) is 0.788. The normalized spacial score (nSPS) is 10.4. The van der Waals surface area contributed by atoms with Gasteiger partial charge in [-0.2, -0.15) is 0 Å². The molecule has 1 aromatic carbocycles. The largest absolute Gasteiger partial charge is 0.463 e. The van der Waals surface area contributed by atoms with Crippen LogP contribution in [-0.2, 0) is 0 Å². The third kappa shape index (κ3) is 0.693. The van der Waals surface area contributed by atoms with Gasteiger partial charge in [0, 0.05) is 5.39 Å². The highest BCUT2D eigenvalue weighted by Crippen LogP contribution is 2.22. The second kappa shape index (κ2) is 1.99. The fourth-order valence-corrected chi connectivity index (χ4v) is 1.17. The molecule has 0 bridgehead atoms. The van der Waals surface area contributed by atoms with Gasteiger partial charge in [-0.3, -0.25) is 0 Å². The van der Waals surface area contributed by atoms with Gasteiger partial charge in [-0.05, 0) is 12.1 Å². The highest BCUT2D eigenvalue weighted by atomic mass is 32.1. The molecule has 10 heavy (non-hydrogen) atoms. The summed E-state index contributed by atoms with van der Waals surface area (Å²) < 4.78 is 5.14. The zero-order valence-electron chi connectivity index (χ0n) is 5.20. The minimum absolute atomic E-state index is 0.788. The smallest absolute Gasteiger partial charge is 0.135 e. The number of rotatable bonds is 0. The van der Waals surface area contributed by atoms with Crippen LogP contribution >= 0.6 is 12.6 Å². The van der Waals surface area contributed by atoms with E-state index in [2.05, 4.69) is 0 Å². The van der Waals surface area contributed by atoms with Gasteiger partial charge in [0.1, 0.15) is 11.8 Å². The van der Waals surface area contributed by atoms with E-state index in [1.54, 1.807) is 6.26 Å². The van der Waals surface area contributed by atoms with Crippen LogP contribution in [-0.4, -0.2) is 0 Å². The average molecular weight is 149 g/mol. The molecule has 1 heterocycles. The maximum absolute atomic E-state index is 5.14. The molecule has 1 radical (unpaired) electrons. The van der Waals surface area contributed by atoms with E-state index in [4.69, 9.17) is 17.0 Å². The lowest BCUT2D eigenvalue weighted by Crippen LogP contribution is -1.60. The van der Waals surface area contributed by atoms with Crippen molar-refractivity contribution in [3.63, 3.8) is 0 Å². The first-order valence-corrected chi connectivity index (χ1v) is 3.42. The Morgan fingerprint density at radius 2 is 2.00 bits per heavy atom. The Hall–Kier alpha value is -1.02. The first-order valence-electron chi connectivity index (χ1n) is 3.01. The molecule has 0 aliphatic heterocycles. The van der Waals surface area contributed by atoms with Gasteiger partial charge in [0.15, 0.2) is 0 Å². The predicted octanol–water partition coefficient (Wildman–Crippen LogP) is 2.99. The highest BCUT2D eigenvalue weighted by molar-refractivity contribution is 7.80. The van der Waals surface area contributed by atoms with Gasteiger partial charge in [0.2, 0.25) is 0 Å². The third-order valence-corrected chi connectivity index (χ3v) is 1.76. The Morgan fingerprint density at radius 1 is 1.20 bits per heavy atom. The average Bonchev–Trinajstić information content (AvgIpc) is 2.34. The first-order chi connectivity index (χ1) is 4.88. The zero-order chi connectivity index (χ0) is 6.97. The van der Waals surface area contributed by atoms with Crippen molar-refractivity contribution in [2.75, 3.05) is 0 Å². The summed E-state index contributed by atoms with van der Waals surface area (Å²) in [7, 11) is 0. The molecule has 1 nitrogen and oxygen atoms in total. The van der Waals surface area contributed by atoms with Crippen molar-refractivity contribution < 1.29 is 4.42 Å². The molecule has 2 rings (SSSR count). The Kier molecular flexibility index (Phi) is 1.14. The molecular weight excluding hydrogens is 144 g/mol. The minimum Gasteiger partial charge on any atom is -0.463 e. The first kappa shape index (κ1) is 5.74. The Morgan fingerprint density at radius 3 is 2.80 bits per heavy atom. The summed E-state index contributed by atoms with van der Waals surface area (Å²) in [5, 5.41) is 1.03. The second-order valence-electron chi connectivity index (χ2n) is 2.10. The Bertz CT molecular complexity index is 351. The van der Waals surface area contributed by atoms with E-state index >= 15 is 0 Å².